The Bertz CT molecular complexity index is 310. The summed E-state index contributed by atoms with van der Waals surface area (Å²) in [6, 6.07) is 1.70. The highest BCUT2D eigenvalue weighted by Crippen LogP contribution is 2.18. The quantitative estimate of drug-likeness (QED) is 0.496. The van der Waals surface area contributed by atoms with Crippen molar-refractivity contribution in [1.82, 2.24) is 14.9 Å². The van der Waals surface area contributed by atoms with E-state index in [2.05, 4.69) is 44.6 Å². The Labute approximate surface area is 109 Å². The van der Waals surface area contributed by atoms with Gasteiger partial charge in [0.15, 0.2) is 5.16 Å². The number of anilines is 1. The molecule has 0 atom stereocenters. The van der Waals surface area contributed by atoms with Crippen molar-refractivity contribution in [3.05, 3.63) is 10.7 Å². The number of halogens is 1. The minimum atomic E-state index is 0.507. The van der Waals surface area contributed by atoms with E-state index in [0.717, 1.165) is 35.1 Å². The lowest BCUT2D eigenvalue weighted by molar-refractivity contribution is 0.324. The number of nitrogen functional groups attached to an aromatic ring is 1. The first kappa shape index (κ1) is 13.7. The van der Waals surface area contributed by atoms with Crippen LogP contribution in [-0.2, 0) is 0 Å². The summed E-state index contributed by atoms with van der Waals surface area (Å²) in [5, 5.41) is 0.735. The zero-order valence-corrected chi connectivity index (χ0v) is 12.0. The van der Waals surface area contributed by atoms with E-state index in [1.54, 1.807) is 17.8 Å². The van der Waals surface area contributed by atoms with Gasteiger partial charge in [0.25, 0.3) is 0 Å². The molecule has 0 saturated heterocycles. The fraction of sp³-hybridized carbons (Fsp3) is 0.600. The maximum absolute atomic E-state index is 5.64. The summed E-state index contributed by atoms with van der Waals surface area (Å²) in [7, 11) is 0. The summed E-state index contributed by atoms with van der Waals surface area (Å²) in [6.45, 7) is 7.55. The van der Waals surface area contributed by atoms with Gasteiger partial charge in [-0.3, -0.25) is 0 Å². The van der Waals surface area contributed by atoms with Gasteiger partial charge in [0, 0.05) is 18.4 Å². The van der Waals surface area contributed by atoms with Crippen molar-refractivity contribution in [2.24, 2.45) is 0 Å². The maximum atomic E-state index is 5.64. The summed E-state index contributed by atoms with van der Waals surface area (Å²) in [4.78, 5) is 10.8. The van der Waals surface area contributed by atoms with Crippen LogP contribution in [0.25, 0.3) is 0 Å². The number of nitrogens with zero attached hydrogens (tertiary/aromatic N) is 3. The van der Waals surface area contributed by atoms with Crippen LogP contribution < -0.4 is 5.73 Å². The van der Waals surface area contributed by atoms with Crippen molar-refractivity contribution in [1.29, 1.82) is 0 Å². The van der Waals surface area contributed by atoms with Crippen LogP contribution in [0.4, 0.5) is 5.82 Å². The van der Waals surface area contributed by atoms with E-state index >= 15 is 0 Å². The van der Waals surface area contributed by atoms with E-state index < -0.39 is 0 Å². The summed E-state index contributed by atoms with van der Waals surface area (Å²) >= 11 is 4.94. The van der Waals surface area contributed by atoms with Crippen molar-refractivity contribution in [3.63, 3.8) is 0 Å². The molecule has 0 unspecified atom stereocenters. The monoisotopic (exact) mass is 304 g/mol. The van der Waals surface area contributed by atoms with Crippen LogP contribution in [0.3, 0.4) is 0 Å². The predicted molar refractivity (Wildman–Crippen MR) is 72.7 cm³/mol. The van der Waals surface area contributed by atoms with Gasteiger partial charge in [0.2, 0.25) is 0 Å². The molecule has 0 aliphatic heterocycles. The predicted octanol–water partition coefficient (Wildman–Crippen LogP) is 2.26. The number of hydrogen-bond donors (Lipinski definition) is 1. The molecule has 0 aliphatic rings. The molecule has 1 aromatic rings. The van der Waals surface area contributed by atoms with Crippen molar-refractivity contribution in [2.75, 3.05) is 31.1 Å². The topological polar surface area (TPSA) is 55.0 Å². The highest BCUT2D eigenvalue weighted by atomic mass is 79.9. The van der Waals surface area contributed by atoms with Crippen LogP contribution in [0, 0.1) is 0 Å². The van der Waals surface area contributed by atoms with Crippen LogP contribution in [0.1, 0.15) is 13.8 Å². The molecule has 1 heterocycles. The summed E-state index contributed by atoms with van der Waals surface area (Å²) in [6.07, 6.45) is 0. The fourth-order valence-corrected chi connectivity index (χ4v) is 2.67. The molecule has 16 heavy (non-hydrogen) atoms. The molecular weight excluding hydrogens is 288 g/mol. The van der Waals surface area contributed by atoms with Gasteiger partial charge in [-0.2, -0.15) is 0 Å². The van der Waals surface area contributed by atoms with E-state index in [0.29, 0.717) is 5.82 Å². The second-order valence-corrected chi connectivity index (χ2v) is 5.15. The Morgan fingerprint density at radius 1 is 1.38 bits per heavy atom. The number of hydrogen-bond acceptors (Lipinski definition) is 5. The normalized spacial score (nSPS) is 11.0. The molecule has 0 radical (unpaired) electrons. The van der Waals surface area contributed by atoms with Crippen LogP contribution >= 0.6 is 27.7 Å². The average molecular weight is 305 g/mol. The maximum Gasteiger partial charge on any atom is 0.190 e. The SMILES string of the molecule is CCN(CC)CCSc1nc(N)cc(Br)n1. The Balaban J connectivity index is 2.42. The zero-order valence-electron chi connectivity index (χ0n) is 9.61. The number of nitrogens with two attached hydrogens (primary N) is 1. The van der Waals surface area contributed by atoms with E-state index in [4.69, 9.17) is 5.73 Å². The Hall–Kier alpha value is -0.330. The summed E-state index contributed by atoms with van der Waals surface area (Å²) in [5.41, 5.74) is 5.64. The van der Waals surface area contributed by atoms with Gasteiger partial charge in [-0.1, -0.05) is 25.6 Å². The van der Waals surface area contributed by atoms with Gasteiger partial charge in [0.05, 0.1) is 0 Å². The number of aromatic nitrogens is 2. The molecule has 2 N–H and O–H groups in total. The molecule has 0 fully saturated rings. The molecule has 0 aliphatic carbocycles. The van der Waals surface area contributed by atoms with Crippen molar-refractivity contribution < 1.29 is 0 Å². The Morgan fingerprint density at radius 2 is 2.06 bits per heavy atom. The molecule has 1 aromatic heterocycles. The average Bonchev–Trinajstić information content (AvgIpc) is 2.23. The first-order chi connectivity index (χ1) is 7.65. The van der Waals surface area contributed by atoms with Gasteiger partial charge in [-0.05, 0) is 29.0 Å². The summed E-state index contributed by atoms with van der Waals surface area (Å²) < 4.78 is 0.741. The highest BCUT2D eigenvalue weighted by Gasteiger charge is 2.03. The second kappa shape index (κ2) is 7.09. The molecule has 0 aromatic carbocycles. The van der Waals surface area contributed by atoms with Crippen molar-refractivity contribution in [3.8, 4) is 0 Å². The fourth-order valence-electron chi connectivity index (χ4n) is 1.28. The third-order valence-electron chi connectivity index (χ3n) is 2.23. The minimum absolute atomic E-state index is 0.507. The minimum Gasteiger partial charge on any atom is -0.384 e. The molecule has 4 nitrogen and oxygen atoms in total. The first-order valence-electron chi connectivity index (χ1n) is 5.31. The van der Waals surface area contributed by atoms with E-state index in [9.17, 15) is 0 Å². The molecule has 6 heteroatoms. The zero-order chi connectivity index (χ0) is 12.0. The lowest BCUT2D eigenvalue weighted by Gasteiger charge is -2.16. The molecular formula is C10H17BrN4S. The lowest BCUT2D eigenvalue weighted by atomic mass is 10.5. The number of rotatable bonds is 6. The Morgan fingerprint density at radius 3 is 2.62 bits per heavy atom. The summed E-state index contributed by atoms with van der Waals surface area (Å²) in [5.74, 6) is 1.49. The molecule has 0 amide bonds. The van der Waals surface area contributed by atoms with Gasteiger partial charge in [-0.15, -0.1) is 0 Å². The van der Waals surface area contributed by atoms with Crippen molar-refractivity contribution in [2.45, 2.75) is 19.0 Å². The third-order valence-corrected chi connectivity index (χ3v) is 3.46. The van der Waals surface area contributed by atoms with Gasteiger partial charge >= 0.3 is 0 Å². The van der Waals surface area contributed by atoms with E-state index in [-0.39, 0.29) is 0 Å². The van der Waals surface area contributed by atoms with Crippen LogP contribution in [0.15, 0.2) is 15.8 Å². The van der Waals surface area contributed by atoms with E-state index in [1.165, 1.54) is 0 Å². The standard InChI is InChI=1S/C10H17BrN4S/c1-3-15(4-2)5-6-16-10-13-8(11)7-9(12)14-10/h7H,3-6H2,1-2H3,(H2,12,13,14). The smallest absolute Gasteiger partial charge is 0.190 e. The van der Waals surface area contributed by atoms with Crippen LogP contribution in [-0.4, -0.2) is 40.3 Å². The second-order valence-electron chi connectivity index (χ2n) is 3.27. The molecule has 0 saturated carbocycles. The third kappa shape index (κ3) is 4.67. The highest BCUT2D eigenvalue weighted by molar-refractivity contribution is 9.10. The van der Waals surface area contributed by atoms with Gasteiger partial charge in [-0.25, -0.2) is 9.97 Å². The molecule has 1 rings (SSSR count). The lowest BCUT2D eigenvalue weighted by Crippen LogP contribution is -2.25. The molecule has 0 bridgehead atoms. The largest absolute Gasteiger partial charge is 0.384 e. The molecule has 0 spiro atoms. The number of thioether (sulfide) groups is 1. The first-order valence-corrected chi connectivity index (χ1v) is 7.08. The molecule has 90 valence electrons. The van der Waals surface area contributed by atoms with Gasteiger partial charge in [0.1, 0.15) is 10.4 Å². The van der Waals surface area contributed by atoms with Gasteiger partial charge < -0.3 is 10.6 Å². The van der Waals surface area contributed by atoms with Crippen LogP contribution in [0.5, 0.6) is 0 Å². The van der Waals surface area contributed by atoms with Crippen molar-refractivity contribution >= 4 is 33.5 Å². The Kier molecular flexibility index (Phi) is 6.08. The van der Waals surface area contributed by atoms with Crippen LogP contribution in [0.2, 0.25) is 0 Å². The van der Waals surface area contributed by atoms with E-state index in [1.807, 2.05) is 0 Å².